The van der Waals surface area contributed by atoms with Crippen molar-refractivity contribution in [2.75, 3.05) is 7.11 Å². The van der Waals surface area contributed by atoms with Crippen molar-refractivity contribution in [1.82, 2.24) is 0 Å². The molecule has 0 spiro atoms. The molecule has 23 heavy (non-hydrogen) atoms. The molecule has 5 rings (SSSR count). The number of rotatable bonds is 3. The van der Waals surface area contributed by atoms with Crippen LogP contribution in [0.5, 0.6) is 5.75 Å². The van der Waals surface area contributed by atoms with E-state index in [1.165, 1.54) is 18.4 Å². The molecule has 1 aromatic carbocycles. The quantitative estimate of drug-likeness (QED) is 0.773. The Labute approximate surface area is 139 Å². The van der Waals surface area contributed by atoms with E-state index in [1.807, 2.05) is 0 Å². The summed E-state index contributed by atoms with van der Waals surface area (Å²) in [4.78, 5) is 0. The van der Waals surface area contributed by atoms with Gasteiger partial charge in [-0.3, -0.25) is 0 Å². The largest absolute Gasteiger partial charge is 0.497 e. The van der Waals surface area contributed by atoms with E-state index >= 15 is 0 Å². The molecule has 124 valence electrons. The van der Waals surface area contributed by atoms with Gasteiger partial charge in [-0.2, -0.15) is 0 Å². The van der Waals surface area contributed by atoms with Crippen LogP contribution in [0.25, 0.3) is 0 Å². The maximum atomic E-state index is 6.40. The van der Waals surface area contributed by atoms with E-state index in [4.69, 9.17) is 14.0 Å². The summed E-state index contributed by atoms with van der Waals surface area (Å²) in [5, 5.41) is 0.147. The fourth-order valence-corrected chi connectivity index (χ4v) is 5.20. The summed E-state index contributed by atoms with van der Waals surface area (Å²) in [6.45, 7) is 11.0. The summed E-state index contributed by atoms with van der Waals surface area (Å²) in [6.07, 6.45) is 2.40. The summed E-state index contributed by atoms with van der Waals surface area (Å²) < 4.78 is 18.1. The number of hydrogen-bond acceptors (Lipinski definition) is 3. The van der Waals surface area contributed by atoms with Gasteiger partial charge < -0.3 is 14.0 Å². The average Bonchev–Trinajstić information content (AvgIpc) is 2.64. The van der Waals surface area contributed by atoms with Crippen LogP contribution in [0.1, 0.15) is 58.9 Å². The monoisotopic (exact) mass is 314 g/mol. The highest BCUT2D eigenvalue weighted by Crippen LogP contribution is 2.87. The third kappa shape index (κ3) is 1.85. The van der Waals surface area contributed by atoms with Crippen molar-refractivity contribution in [3.05, 3.63) is 29.8 Å². The molecule has 4 fully saturated rings. The van der Waals surface area contributed by atoms with Crippen molar-refractivity contribution in [2.24, 2.45) is 5.41 Å². The molecule has 3 saturated carbocycles. The molecule has 3 aliphatic carbocycles. The smallest absolute Gasteiger partial charge is 0.465 e. The van der Waals surface area contributed by atoms with Crippen LogP contribution in [-0.2, 0) is 9.31 Å². The maximum Gasteiger partial charge on any atom is 0.465 e. The van der Waals surface area contributed by atoms with Crippen LogP contribution in [0.3, 0.4) is 0 Å². The van der Waals surface area contributed by atoms with E-state index in [-0.39, 0.29) is 23.6 Å². The Hall–Kier alpha value is -0.995. The molecule has 1 aliphatic heterocycles. The Morgan fingerprint density at radius 1 is 0.957 bits per heavy atom. The lowest BCUT2D eigenvalue weighted by Crippen LogP contribution is -2.68. The highest BCUT2D eigenvalue weighted by atomic mass is 16.7. The maximum absolute atomic E-state index is 6.40. The second-order valence-corrected chi connectivity index (χ2v) is 9.04. The number of methoxy groups -OCH3 is 1. The lowest BCUT2D eigenvalue weighted by Gasteiger charge is -2.76. The third-order valence-electron chi connectivity index (χ3n) is 6.91. The van der Waals surface area contributed by atoms with E-state index in [1.54, 1.807) is 7.11 Å². The molecule has 0 amide bonds. The second-order valence-electron chi connectivity index (χ2n) is 9.04. The minimum absolute atomic E-state index is 0.0959. The molecule has 1 atom stereocenters. The van der Waals surface area contributed by atoms with Crippen LogP contribution in [0.4, 0.5) is 0 Å². The van der Waals surface area contributed by atoms with Gasteiger partial charge in [-0.1, -0.05) is 19.1 Å². The van der Waals surface area contributed by atoms with Gasteiger partial charge in [-0.05, 0) is 69.6 Å². The van der Waals surface area contributed by atoms with Crippen LogP contribution < -0.4 is 4.74 Å². The number of benzene rings is 1. The highest BCUT2D eigenvalue weighted by molar-refractivity contribution is 6.51. The van der Waals surface area contributed by atoms with E-state index in [0.29, 0.717) is 11.3 Å². The van der Waals surface area contributed by atoms with Crippen molar-refractivity contribution in [2.45, 2.75) is 69.9 Å². The summed E-state index contributed by atoms with van der Waals surface area (Å²) in [5.41, 5.74) is 1.29. The first-order chi connectivity index (χ1) is 10.6. The molecule has 2 bridgehead atoms. The zero-order chi connectivity index (χ0) is 16.7. The molecule has 1 unspecified atom stereocenters. The Morgan fingerprint density at radius 2 is 1.48 bits per heavy atom. The molecular weight excluding hydrogens is 287 g/mol. The van der Waals surface area contributed by atoms with Gasteiger partial charge in [0.25, 0.3) is 0 Å². The molecule has 4 aliphatic rings. The van der Waals surface area contributed by atoms with Gasteiger partial charge in [0.05, 0.1) is 18.3 Å². The normalized spacial score (nSPS) is 39.6. The van der Waals surface area contributed by atoms with Gasteiger partial charge in [0.2, 0.25) is 0 Å². The molecule has 0 N–H and O–H groups in total. The predicted octanol–water partition coefficient (Wildman–Crippen LogP) is 4.43. The van der Waals surface area contributed by atoms with E-state index < -0.39 is 0 Å². The topological polar surface area (TPSA) is 27.7 Å². The standard InChI is InChI=1S/C19H27BO3/c1-16(2)17(3,4)23-20(22-16)19-11-18(5,12-19)15(19)13-7-9-14(21-6)10-8-13/h7-10,15H,11-12H2,1-6H3. The van der Waals surface area contributed by atoms with Crippen LogP contribution >= 0.6 is 0 Å². The molecule has 1 aromatic rings. The molecule has 3 nitrogen and oxygen atoms in total. The Bertz CT molecular complexity index is 613. The van der Waals surface area contributed by atoms with Crippen molar-refractivity contribution in [3.63, 3.8) is 0 Å². The zero-order valence-corrected chi connectivity index (χ0v) is 15.1. The van der Waals surface area contributed by atoms with Gasteiger partial charge in [0, 0.05) is 5.31 Å². The summed E-state index contributed by atoms with van der Waals surface area (Å²) in [7, 11) is 1.62. The third-order valence-corrected chi connectivity index (χ3v) is 6.91. The van der Waals surface area contributed by atoms with Crippen LogP contribution in [0, 0.1) is 5.41 Å². The first-order valence-corrected chi connectivity index (χ1v) is 8.63. The summed E-state index contributed by atoms with van der Waals surface area (Å²) in [6, 6.07) is 8.54. The average molecular weight is 314 g/mol. The number of ether oxygens (including phenoxy) is 1. The van der Waals surface area contributed by atoms with Gasteiger partial charge >= 0.3 is 7.12 Å². The fraction of sp³-hybridized carbons (Fsp3) is 0.684. The van der Waals surface area contributed by atoms with E-state index in [9.17, 15) is 0 Å². The second kappa shape index (κ2) is 4.34. The SMILES string of the molecule is COc1ccc(C2C3(C)CC2(B2OC(C)(C)C(C)(C)O2)C3)cc1. The molecule has 1 saturated heterocycles. The molecule has 0 aromatic heterocycles. The van der Waals surface area contributed by atoms with Gasteiger partial charge in [0.1, 0.15) is 5.75 Å². The predicted molar refractivity (Wildman–Crippen MR) is 91.9 cm³/mol. The van der Waals surface area contributed by atoms with Crippen molar-refractivity contribution in [3.8, 4) is 5.75 Å². The highest BCUT2D eigenvalue weighted by Gasteiger charge is 2.80. The lowest BCUT2D eigenvalue weighted by molar-refractivity contribution is -0.128. The van der Waals surface area contributed by atoms with Gasteiger partial charge in [0.15, 0.2) is 0 Å². The summed E-state index contributed by atoms with van der Waals surface area (Å²) >= 11 is 0. The van der Waals surface area contributed by atoms with Crippen molar-refractivity contribution in [1.29, 1.82) is 0 Å². The Balaban J connectivity index is 1.62. The lowest BCUT2D eigenvalue weighted by atomic mass is 9.19. The summed E-state index contributed by atoms with van der Waals surface area (Å²) in [5.74, 6) is 1.44. The van der Waals surface area contributed by atoms with Gasteiger partial charge in [-0.15, -0.1) is 0 Å². The van der Waals surface area contributed by atoms with Gasteiger partial charge in [-0.25, -0.2) is 0 Å². The van der Waals surface area contributed by atoms with Crippen LogP contribution in [0.15, 0.2) is 24.3 Å². The number of hydrogen-bond donors (Lipinski definition) is 0. The van der Waals surface area contributed by atoms with Crippen LogP contribution in [-0.4, -0.2) is 25.4 Å². The first-order valence-electron chi connectivity index (χ1n) is 8.63. The minimum Gasteiger partial charge on any atom is -0.497 e. The Morgan fingerprint density at radius 3 is 1.91 bits per heavy atom. The van der Waals surface area contributed by atoms with Crippen molar-refractivity contribution >= 4 is 7.12 Å². The Kier molecular flexibility index (Phi) is 2.93. The van der Waals surface area contributed by atoms with Crippen LogP contribution in [0.2, 0.25) is 5.31 Å². The molecule has 0 radical (unpaired) electrons. The van der Waals surface area contributed by atoms with E-state index in [0.717, 1.165) is 5.75 Å². The minimum atomic E-state index is -0.252. The first kappa shape index (κ1) is 15.5. The molecule has 1 heterocycles. The molecular formula is C19H27BO3. The van der Waals surface area contributed by atoms with E-state index in [2.05, 4.69) is 58.9 Å². The molecule has 4 heteroatoms. The zero-order valence-electron chi connectivity index (χ0n) is 15.1. The van der Waals surface area contributed by atoms with Crippen molar-refractivity contribution < 1.29 is 14.0 Å². The fourth-order valence-electron chi connectivity index (χ4n) is 5.20.